The maximum absolute atomic E-state index is 12.6. The third kappa shape index (κ3) is 4.74. The maximum Gasteiger partial charge on any atom is 0.416 e. The number of rotatable bonds is 4. The third-order valence-electron chi connectivity index (χ3n) is 3.68. The van der Waals surface area contributed by atoms with Gasteiger partial charge >= 0.3 is 6.18 Å². The molecule has 1 aliphatic heterocycles. The van der Waals surface area contributed by atoms with Crippen LogP contribution in [0.15, 0.2) is 24.3 Å². The minimum absolute atomic E-state index is 0.00322. The van der Waals surface area contributed by atoms with Crippen LogP contribution in [0.5, 0.6) is 0 Å². The van der Waals surface area contributed by atoms with Crippen LogP contribution in [-0.4, -0.2) is 25.5 Å². The second-order valence-electron chi connectivity index (χ2n) is 5.26. The van der Waals surface area contributed by atoms with Crippen LogP contribution >= 0.6 is 0 Å². The molecule has 0 saturated carbocycles. The lowest BCUT2D eigenvalue weighted by Gasteiger charge is -2.21. The van der Waals surface area contributed by atoms with Gasteiger partial charge in [-0.2, -0.15) is 13.2 Å². The monoisotopic (exact) mass is 300 g/mol. The highest BCUT2D eigenvalue weighted by atomic mass is 19.4. The van der Waals surface area contributed by atoms with Gasteiger partial charge in [0.15, 0.2) is 0 Å². The Kier molecular flexibility index (Phi) is 5.22. The van der Waals surface area contributed by atoms with Crippen molar-refractivity contribution < 1.29 is 18.0 Å². The van der Waals surface area contributed by atoms with Gasteiger partial charge in [-0.05, 0) is 44.0 Å². The molecule has 0 bridgehead atoms. The number of halogens is 3. The van der Waals surface area contributed by atoms with Crippen LogP contribution < -0.4 is 10.6 Å². The van der Waals surface area contributed by atoms with E-state index in [-0.39, 0.29) is 11.8 Å². The zero-order chi connectivity index (χ0) is 15.3. The van der Waals surface area contributed by atoms with Crippen molar-refractivity contribution in [2.24, 2.45) is 5.92 Å². The topological polar surface area (TPSA) is 41.1 Å². The average molecular weight is 300 g/mol. The Morgan fingerprint density at radius 3 is 2.67 bits per heavy atom. The molecule has 116 valence electrons. The minimum atomic E-state index is -4.33. The van der Waals surface area contributed by atoms with Gasteiger partial charge < -0.3 is 10.6 Å². The number of amides is 1. The summed E-state index contributed by atoms with van der Waals surface area (Å²) >= 11 is 0. The van der Waals surface area contributed by atoms with Crippen LogP contribution in [0.2, 0.25) is 0 Å². The maximum atomic E-state index is 12.6. The van der Waals surface area contributed by atoms with Gasteiger partial charge in [-0.25, -0.2) is 0 Å². The standard InChI is InChI=1S/C15H19F3N2O/c16-15(17,18)13-3-1-2-11(10-13)4-9-20-14(21)12-5-7-19-8-6-12/h1-3,10,12,19H,4-9H2,(H,20,21). The lowest BCUT2D eigenvalue weighted by molar-refractivity contribution is -0.137. The van der Waals surface area contributed by atoms with E-state index in [9.17, 15) is 18.0 Å². The Morgan fingerprint density at radius 1 is 1.29 bits per heavy atom. The van der Waals surface area contributed by atoms with Crippen LogP contribution in [0.25, 0.3) is 0 Å². The summed E-state index contributed by atoms with van der Waals surface area (Å²) in [5, 5.41) is 6.00. The molecule has 0 spiro atoms. The summed E-state index contributed by atoms with van der Waals surface area (Å²) in [5.41, 5.74) is -0.0693. The molecule has 3 nitrogen and oxygen atoms in total. The Morgan fingerprint density at radius 2 is 2.00 bits per heavy atom. The molecule has 21 heavy (non-hydrogen) atoms. The molecule has 0 radical (unpaired) electrons. The van der Waals surface area contributed by atoms with E-state index in [0.29, 0.717) is 18.5 Å². The SMILES string of the molecule is O=C(NCCc1cccc(C(F)(F)F)c1)C1CCNCC1. The van der Waals surface area contributed by atoms with Crippen LogP contribution in [0.4, 0.5) is 13.2 Å². The van der Waals surface area contributed by atoms with E-state index in [1.54, 1.807) is 6.07 Å². The molecule has 2 rings (SSSR count). The van der Waals surface area contributed by atoms with E-state index >= 15 is 0 Å². The fraction of sp³-hybridized carbons (Fsp3) is 0.533. The number of carbonyl (C=O) groups is 1. The largest absolute Gasteiger partial charge is 0.416 e. The molecule has 2 N–H and O–H groups in total. The van der Waals surface area contributed by atoms with Gasteiger partial charge in [-0.3, -0.25) is 4.79 Å². The number of hydrogen-bond acceptors (Lipinski definition) is 2. The average Bonchev–Trinajstić information content (AvgIpc) is 2.47. The highest BCUT2D eigenvalue weighted by Gasteiger charge is 2.30. The smallest absolute Gasteiger partial charge is 0.356 e. The zero-order valence-corrected chi connectivity index (χ0v) is 11.7. The molecule has 0 unspecified atom stereocenters. The molecule has 1 aromatic carbocycles. The molecule has 1 aromatic rings. The summed E-state index contributed by atoms with van der Waals surface area (Å²) in [7, 11) is 0. The normalized spacial score (nSPS) is 16.7. The van der Waals surface area contributed by atoms with Crippen LogP contribution in [0.1, 0.15) is 24.0 Å². The van der Waals surface area contributed by atoms with Crippen molar-refractivity contribution in [2.75, 3.05) is 19.6 Å². The second-order valence-corrected chi connectivity index (χ2v) is 5.26. The molecular formula is C15H19F3N2O. The summed E-state index contributed by atoms with van der Waals surface area (Å²) in [6.45, 7) is 2.04. The molecule has 1 saturated heterocycles. The van der Waals surface area contributed by atoms with Crippen LogP contribution in [0, 0.1) is 5.92 Å². The first-order valence-corrected chi connectivity index (χ1v) is 7.11. The lowest BCUT2D eigenvalue weighted by atomic mass is 9.97. The first-order chi connectivity index (χ1) is 9.97. The van der Waals surface area contributed by atoms with Crippen molar-refractivity contribution in [1.82, 2.24) is 10.6 Å². The highest BCUT2D eigenvalue weighted by Crippen LogP contribution is 2.29. The molecule has 0 atom stereocenters. The summed E-state index contributed by atoms with van der Waals surface area (Å²) in [5.74, 6) is 0.0243. The number of carbonyl (C=O) groups excluding carboxylic acids is 1. The number of piperidine rings is 1. The molecular weight excluding hydrogens is 281 g/mol. The number of benzene rings is 1. The van der Waals surface area contributed by atoms with E-state index in [1.807, 2.05) is 0 Å². The summed E-state index contributed by atoms with van der Waals surface area (Å²) in [4.78, 5) is 11.9. The number of alkyl halides is 3. The van der Waals surface area contributed by atoms with Crippen molar-refractivity contribution in [3.05, 3.63) is 35.4 Å². The van der Waals surface area contributed by atoms with E-state index < -0.39 is 11.7 Å². The fourth-order valence-electron chi connectivity index (χ4n) is 2.46. The molecule has 6 heteroatoms. The van der Waals surface area contributed by atoms with E-state index in [0.717, 1.165) is 38.1 Å². The van der Waals surface area contributed by atoms with Crippen LogP contribution in [0.3, 0.4) is 0 Å². The molecule has 1 amide bonds. The van der Waals surface area contributed by atoms with Crippen molar-refractivity contribution in [1.29, 1.82) is 0 Å². The Hall–Kier alpha value is -1.56. The molecule has 0 aromatic heterocycles. The van der Waals surface area contributed by atoms with Gasteiger partial charge in [0.25, 0.3) is 0 Å². The summed E-state index contributed by atoms with van der Waals surface area (Å²) in [6, 6.07) is 5.23. The Bertz CT molecular complexity index is 482. The number of hydrogen-bond donors (Lipinski definition) is 2. The summed E-state index contributed by atoms with van der Waals surface area (Å²) < 4.78 is 37.8. The molecule has 1 aliphatic rings. The second kappa shape index (κ2) is 6.93. The van der Waals surface area contributed by atoms with Gasteiger partial charge in [0.1, 0.15) is 0 Å². The minimum Gasteiger partial charge on any atom is -0.356 e. The van der Waals surface area contributed by atoms with Gasteiger partial charge in [0.2, 0.25) is 5.91 Å². The Balaban J connectivity index is 1.82. The molecule has 1 heterocycles. The first-order valence-electron chi connectivity index (χ1n) is 7.11. The van der Waals surface area contributed by atoms with Gasteiger partial charge in [-0.15, -0.1) is 0 Å². The van der Waals surface area contributed by atoms with E-state index in [4.69, 9.17) is 0 Å². The predicted molar refractivity (Wildman–Crippen MR) is 73.8 cm³/mol. The summed E-state index contributed by atoms with van der Waals surface area (Å²) in [6.07, 6.45) is -2.29. The molecule has 0 aliphatic carbocycles. The Labute approximate surface area is 121 Å². The lowest BCUT2D eigenvalue weighted by Crippen LogP contribution is -2.38. The van der Waals surface area contributed by atoms with Crippen molar-refractivity contribution in [2.45, 2.75) is 25.4 Å². The highest BCUT2D eigenvalue weighted by molar-refractivity contribution is 5.78. The van der Waals surface area contributed by atoms with Crippen molar-refractivity contribution in [3.63, 3.8) is 0 Å². The quantitative estimate of drug-likeness (QED) is 0.896. The van der Waals surface area contributed by atoms with E-state index in [2.05, 4.69) is 10.6 Å². The number of nitrogens with one attached hydrogen (secondary N) is 2. The van der Waals surface area contributed by atoms with Crippen LogP contribution in [-0.2, 0) is 17.4 Å². The van der Waals surface area contributed by atoms with Gasteiger partial charge in [0, 0.05) is 12.5 Å². The first kappa shape index (κ1) is 15.8. The fourth-order valence-corrected chi connectivity index (χ4v) is 2.46. The molecule has 1 fully saturated rings. The van der Waals surface area contributed by atoms with E-state index in [1.165, 1.54) is 6.07 Å². The van der Waals surface area contributed by atoms with Crippen molar-refractivity contribution >= 4 is 5.91 Å². The predicted octanol–water partition coefficient (Wildman–Crippen LogP) is 2.36. The zero-order valence-electron chi connectivity index (χ0n) is 11.7. The van der Waals surface area contributed by atoms with Crippen molar-refractivity contribution in [3.8, 4) is 0 Å². The van der Waals surface area contributed by atoms with Gasteiger partial charge in [0.05, 0.1) is 5.56 Å². The van der Waals surface area contributed by atoms with Gasteiger partial charge in [-0.1, -0.05) is 18.2 Å². The third-order valence-corrected chi connectivity index (χ3v) is 3.68.